The Kier molecular flexibility index (Phi) is 41.3. The van der Waals surface area contributed by atoms with Crippen LogP contribution in [0.2, 0.25) is 0 Å². The van der Waals surface area contributed by atoms with Crippen molar-refractivity contribution in [2.75, 3.05) is 47.5 Å². The van der Waals surface area contributed by atoms with Gasteiger partial charge in [-0.05, 0) is 51.4 Å². The first-order valence-corrected chi connectivity index (χ1v) is 26.8. The van der Waals surface area contributed by atoms with Gasteiger partial charge in [0.05, 0.1) is 46.1 Å². The predicted molar refractivity (Wildman–Crippen MR) is 263 cm³/mol. The molecule has 0 amide bonds. The van der Waals surface area contributed by atoms with Crippen molar-refractivity contribution in [3.8, 4) is 0 Å². The molecule has 0 radical (unpaired) electrons. The molecule has 1 unspecified atom stereocenters. The lowest BCUT2D eigenvalue weighted by Gasteiger charge is -2.28. The van der Waals surface area contributed by atoms with Crippen LogP contribution in [0, 0.1) is 0 Å². The summed E-state index contributed by atoms with van der Waals surface area (Å²) >= 11 is 0. The van der Waals surface area contributed by atoms with Crippen molar-refractivity contribution in [1.82, 2.24) is 0 Å². The van der Waals surface area contributed by atoms with E-state index in [1.54, 1.807) is 42.5 Å². The van der Waals surface area contributed by atoms with Gasteiger partial charge in [0.15, 0.2) is 6.10 Å². The topological polar surface area (TPSA) is 172 Å². The summed E-state index contributed by atoms with van der Waals surface area (Å²) in [5.41, 5.74) is 0. The van der Waals surface area contributed by atoms with E-state index in [4.69, 9.17) is 18.5 Å². The van der Waals surface area contributed by atoms with Crippen LogP contribution in [0.4, 0.5) is 0 Å². The van der Waals surface area contributed by atoms with Crippen molar-refractivity contribution in [2.24, 2.45) is 0 Å². The molecule has 0 aliphatic heterocycles. The lowest BCUT2D eigenvalue weighted by molar-refractivity contribution is -0.870. The molecule has 0 heterocycles. The maximum atomic E-state index is 12.8. The molecule has 0 aromatic carbocycles. The first-order valence-electron chi connectivity index (χ1n) is 25.3. The van der Waals surface area contributed by atoms with E-state index in [9.17, 15) is 34.4 Å². The van der Waals surface area contributed by atoms with Gasteiger partial charge in [-0.1, -0.05) is 184 Å². The molecule has 0 bridgehead atoms. The summed E-state index contributed by atoms with van der Waals surface area (Å²) in [5.74, 6) is -1.16. The molecule has 0 saturated heterocycles. The number of phosphoric acid groups is 1. The van der Waals surface area contributed by atoms with E-state index in [1.165, 1.54) is 102 Å². The number of hydrogen-bond acceptors (Lipinski definition) is 11. The van der Waals surface area contributed by atoms with Crippen LogP contribution < -0.4 is 4.89 Å². The number of carbonyl (C=O) groups is 2. The standard InChI is InChI=1S/C52H94NO11P/c1-6-8-10-11-12-13-14-15-16-17-18-19-20-21-22-23-24-25-26-31-35-41-51(57)61-45-48(46-63-65(59,60)62-44-43-53(3,4)5)64-52(58)42-36-40-50(56)49(55)39-34-30-28-27-29-33-38-47(54)37-32-9-7-2/h15-16,27-30,33-34,38-39,47-50,54-56H,6-14,17-26,31-32,35-37,40-46H2,1-5H3/b16-15-,29-27-,30-28+,38-33+,39-34+/t47-,48+,49-,50-/m0/s1. The highest BCUT2D eigenvalue weighted by atomic mass is 31.2. The molecule has 0 spiro atoms. The lowest BCUT2D eigenvalue weighted by atomic mass is 10.0. The van der Waals surface area contributed by atoms with Gasteiger partial charge < -0.3 is 43.2 Å². The van der Waals surface area contributed by atoms with E-state index < -0.39 is 50.8 Å². The molecule has 65 heavy (non-hydrogen) atoms. The van der Waals surface area contributed by atoms with Gasteiger partial charge in [0.2, 0.25) is 0 Å². The first-order chi connectivity index (χ1) is 31.2. The van der Waals surface area contributed by atoms with E-state index >= 15 is 0 Å². The van der Waals surface area contributed by atoms with Gasteiger partial charge in [-0.15, -0.1) is 0 Å². The Morgan fingerprint density at radius 1 is 0.585 bits per heavy atom. The Morgan fingerprint density at radius 3 is 1.65 bits per heavy atom. The molecule has 3 N–H and O–H groups in total. The number of hydrogen-bond donors (Lipinski definition) is 3. The van der Waals surface area contributed by atoms with Gasteiger partial charge in [0.1, 0.15) is 19.8 Å². The van der Waals surface area contributed by atoms with Crippen LogP contribution in [0.3, 0.4) is 0 Å². The summed E-state index contributed by atoms with van der Waals surface area (Å²) in [5, 5.41) is 30.6. The maximum Gasteiger partial charge on any atom is 0.306 e. The molecule has 0 aliphatic carbocycles. The molecule has 378 valence electrons. The molecule has 0 rings (SSSR count). The number of rotatable bonds is 45. The van der Waals surface area contributed by atoms with Crippen molar-refractivity contribution in [2.45, 2.75) is 212 Å². The van der Waals surface area contributed by atoms with Crippen LogP contribution in [0.5, 0.6) is 0 Å². The minimum Gasteiger partial charge on any atom is -0.756 e. The van der Waals surface area contributed by atoms with Crippen LogP contribution in [0.1, 0.15) is 187 Å². The molecular weight excluding hydrogens is 846 g/mol. The number of likely N-dealkylation sites (N-methyl/N-ethyl adjacent to an activating group) is 1. The minimum atomic E-state index is -4.73. The second-order valence-electron chi connectivity index (χ2n) is 18.4. The number of esters is 2. The fourth-order valence-corrected chi connectivity index (χ4v) is 7.47. The molecule has 13 heteroatoms. The third-order valence-electron chi connectivity index (χ3n) is 10.9. The molecule has 0 aromatic heterocycles. The van der Waals surface area contributed by atoms with Crippen molar-refractivity contribution < 1.29 is 57.4 Å². The van der Waals surface area contributed by atoms with Gasteiger partial charge in [0, 0.05) is 12.8 Å². The van der Waals surface area contributed by atoms with Crippen molar-refractivity contribution in [3.05, 3.63) is 60.8 Å². The number of nitrogens with zero attached hydrogens (tertiary/aromatic N) is 1. The fourth-order valence-electron chi connectivity index (χ4n) is 6.74. The van der Waals surface area contributed by atoms with Gasteiger partial charge in [-0.2, -0.15) is 0 Å². The Morgan fingerprint density at radius 2 is 1.08 bits per heavy atom. The summed E-state index contributed by atoms with van der Waals surface area (Å²) in [6.45, 7) is 3.73. The van der Waals surface area contributed by atoms with Crippen molar-refractivity contribution >= 4 is 19.8 Å². The largest absolute Gasteiger partial charge is 0.756 e. The molecule has 0 aromatic rings. The van der Waals surface area contributed by atoms with Gasteiger partial charge in [0.25, 0.3) is 7.82 Å². The number of allylic oxidation sites excluding steroid dienone is 8. The molecule has 5 atom stereocenters. The Bertz CT molecular complexity index is 1340. The smallest absolute Gasteiger partial charge is 0.306 e. The van der Waals surface area contributed by atoms with Gasteiger partial charge >= 0.3 is 11.9 Å². The Labute approximate surface area is 395 Å². The second kappa shape index (κ2) is 42.9. The summed E-state index contributed by atoms with van der Waals surface area (Å²) in [4.78, 5) is 37.7. The average Bonchev–Trinajstić information content (AvgIpc) is 3.25. The van der Waals surface area contributed by atoms with E-state index in [1.807, 2.05) is 21.1 Å². The molecule has 0 saturated carbocycles. The fraction of sp³-hybridized carbons (Fsp3) is 0.769. The van der Waals surface area contributed by atoms with Crippen LogP contribution in [-0.4, -0.2) is 104 Å². The number of aliphatic hydroxyl groups is 3. The highest BCUT2D eigenvalue weighted by Crippen LogP contribution is 2.38. The first kappa shape index (κ1) is 62.6. The van der Waals surface area contributed by atoms with E-state index in [0.29, 0.717) is 17.4 Å². The second-order valence-corrected chi connectivity index (χ2v) is 19.8. The molecule has 0 aliphatic rings. The number of quaternary nitrogens is 1. The number of ether oxygens (including phenoxy) is 2. The number of phosphoric ester groups is 1. The van der Waals surface area contributed by atoms with E-state index in [0.717, 1.165) is 44.9 Å². The summed E-state index contributed by atoms with van der Waals surface area (Å²) in [6, 6.07) is 0. The Hall–Kier alpha value is -2.41. The van der Waals surface area contributed by atoms with Crippen LogP contribution in [-0.2, 0) is 32.7 Å². The summed E-state index contributed by atoms with van der Waals surface area (Å²) in [6.07, 6.45) is 41.9. The predicted octanol–water partition coefficient (Wildman–Crippen LogP) is 11.1. The van der Waals surface area contributed by atoms with E-state index in [2.05, 4.69) is 26.0 Å². The average molecular weight is 940 g/mol. The van der Waals surface area contributed by atoms with Crippen LogP contribution >= 0.6 is 7.82 Å². The number of aliphatic hydroxyl groups excluding tert-OH is 3. The summed E-state index contributed by atoms with van der Waals surface area (Å²) < 4.78 is 33.7. The zero-order valence-electron chi connectivity index (χ0n) is 41.5. The zero-order chi connectivity index (χ0) is 48.3. The van der Waals surface area contributed by atoms with Crippen LogP contribution in [0.15, 0.2) is 60.8 Å². The summed E-state index contributed by atoms with van der Waals surface area (Å²) in [7, 11) is 0.945. The number of unbranched alkanes of at least 4 members (excludes halogenated alkanes) is 19. The minimum absolute atomic E-state index is 0.0965. The van der Waals surface area contributed by atoms with Gasteiger partial charge in [-0.25, -0.2) is 0 Å². The highest BCUT2D eigenvalue weighted by molar-refractivity contribution is 7.45. The quantitative estimate of drug-likeness (QED) is 0.0132. The number of carbonyl (C=O) groups excluding carboxylic acids is 2. The molecule has 0 fully saturated rings. The molecular formula is C52H94NO11P. The van der Waals surface area contributed by atoms with Crippen molar-refractivity contribution in [1.29, 1.82) is 0 Å². The third-order valence-corrected chi connectivity index (χ3v) is 11.8. The van der Waals surface area contributed by atoms with E-state index in [-0.39, 0.29) is 38.9 Å². The third kappa shape index (κ3) is 45.2. The van der Waals surface area contributed by atoms with Crippen LogP contribution in [0.25, 0.3) is 0 Å². The molecule has 12 nitrogen and oxygen atoms in total. The van der Waals surface area contributed by atoms with Gasteiger partial charge in [-0.3, -0.25) is 14.2 Å². The monoisotopic (exact) mass is 940 g/mol. The normalized spacial score (nSPS) is 15.4. The maximum absolute atomic E-state index is 12.8. The SMILES string of the molecule is CCCCCCCC/C=C\CCCCCCCCCCCCCC(=O)OC[C@H](COP(=O)([O-])OCC[N+](C)(C)C)OC(=O)CCC[C@H](O)[C@@H](O)/C=C/C=C/C=C\C=C\[C@@H](O)CCCCC. The lowest BCUT2D eigenvalue weighted by Crippen LogP contribution is -2.37. The highest BCUT2D eigenvalue weighted by Gasteiger charge is 2.22. The van der Waals surface area contributed by atoms with Crippen molar-refractivity contribution in [3.63, 3.8) is 0 Å². The zero-order valence-corrected chi connectivity index (χ0v) is 42.4. The Balaban J connectivity index is 4.54.